The minimum Gasteiger partial charge on any atom is -0.497 e. The number of carbonyl (C=O) groups excluding carboxylic acids is 1. The number of aldehydes is 1. The highest BCUT2D eigenvalue weighted by Crippen LogP contribution is 2.33. The van der Waals surface area contributed by atoms with Crippen LogP contribution in [-0.2, 0) is 11.2 Å². The van der Waals surface area contributed by atoms with Crippen LogP contribution in [0, 0.1) is 0 Å². The number of hydrogen-bond donors (Lipinski definition) is 0. The Hall–Kier alpha value is -1.83. The molecule has 0 N–H and O–H groups in total. The standard InChI is InChI=1S/C14H14O2/c1-3-13-11(9-15)5-4-10-8-12(16-2)6-7-14(10)13/h3,6-9H,1,4-5H2,2H3. The van der Waals surface area contributed by atoms with E-state index in [4.69, 9.17) is 4.74 Å². The molecule has 1 aliphatic rings. The third-order valence-corrected chi connectivity index (χ3v) is 2.96. The summed E-state index contributed by atoms with van der Waals surface area (Å²) in [5.41, 5.74) is 4.12. The van der Waals surface area contributed by atoms with Crippen LogP contribution in [0.2, 0.25) is 0 Å². The fourth-order valence-corrected chi connectivity index (χ4v) is 2.11. The highest BCUT2D eigenvalue weighted by molar-refractivity contribution is 5.93. The number of hydrogen-bond acceptors (Lipinski definition) is 2. The minimum atomic E-state index is 0.783. The largest absolute Gasteiger partial charge is 0.497 e. The van der Waals surface area contributed by atoms with E-state index in [0.717, 1.165) is 41.6 Å². The zero-order valence-electron chi connectivity index (χ0n) is 9.32. The molecule has 2 rings (SSSR count). The number of fused-ring (bicyclic) bond motifs is 1. The Labute approximate surface area is 95.2 Å². The Balaban J connectivity index is 2.56. The van der Waals surface area contributed by atoms with Crippen LogP contribution in [0.25, 0.3) is 5.57 Å². The first-order valence-corrected chi connectivity index (χ1v) is 5.28. The minimum absolute atomic E-state index is 0.783. The van der Waals surface area contributed by atoms with Crippen molar-refractivity contribution in [1.82, 2.24) is 0 Å². The average molecular weight is 214 g/mol. The van der Waals surface area contributed by atoms with Gasteiger partial charge in [-0.25, -0.2) is 0 Å². The lowest BCUT2D eigenvalue weighted by atomic mass is 9.86. The van der Waals surface area contributed by atoms with Crippen molar-refractivity contribution in [3.8, 4) is 5.75 Å². The predicted molar refractivity (Wildman–Crippen MR) is 64.5 cm³/mol. The molecular weight excluding hydrogens is 200 g/mol. The zero-order chi connectivity index (χ0) is 11.5. The molecule has 0 aliphatic heterocycles. The maximum Gasteiger partial charge on any atom is 0.146 e. The molecule has 2 heteroatoms. The number of methoxy groups -OCH3 is 1. The Kier molecular flexibility index (Phi) is 2.91. The fourth-order valence-electron chi connectivity index (χ4n) is 2.11. The quantitative estimate of drug-likeness (QED) is 0.723. The Bertz CT molecular complexity index is 470. The fraction of sp³-hybridized carbons (Fsp3) is 0.214. The van der Waals surface area contributed by atoms with Gasteiger partial charge in [-0.15, -0.1) is 0 Å². The number of carbonyl (C=O) groups is 1. The highest BCUT2D eigenvalue weighted by atomic mass is 16.5. The second-order valence-corrected chi connectivity index (χ2v) is 3.78. The van der Waals surface area contributed by atoms with Crippen LogP contribution in [0.3, 0.4) is 0 Å². The van der Waals surface area contributed by atoms with Crippen molar-refractivity contribution in [2.75, 3.05) is 7.11 Å². The summed E-state index contributed by atoms with van der Waals surface area (Å²) >= 11 is 0. The molecule has 1 aliphatic carbocycles. The molecule has 82 valence electrons. The first-order chi connectivity index (χ1) is 7.80. The summed E-state index contributed by atoms with van der Waals surface area (Å²) in [6.45, 7) is 3.78. The molecule has 0 amide bonds. The molecule has 0 aromatic heterocycles. The van der Waals surface area contributed by atoms with Crippen LogP contribution in [0.15, 0.2) is 36.4 Å². The van der Waals surface area contributed by atoms with Gasteiger partial charge in [0, 0.05) is 5.57 Å². The Morgan fingerprint density at radius 1 is 1.38 bits per heavy atom. The Morgan fingerprint density at radius 2 is 2.19 bits per heavy atom. The van der Waals surface area contributed by atoms with E-state index in [0.29, 0.717) is 0 Å². The van der Waals surface area contributed by atoms with Crippen molar-refractivity contribution in [1.29, 1.82) is 0 Å². The molecular formula is C14H14O2. The van der Waals surface area contributed by atoms with Crippen LogP contribution >= 0.6 is 0 Å². The van der Waals surface area contributed by atoms with Gasteiger partial charge in [0.05, 0.1) is 7.11 Å². The second-order valence-electron chi connectivity index (χ2n) is 3.78. The van der Waals surface area contributed by atoms with Crippen molar-refractivity contribution >= 4 is 11.9 Å². The van der Waals surface area contributed by atoms with Crippen LogP contribution in [-0.4, -0.2) is 13.4 Å². The van der Waals surface area contributed by atoms with E-state index in [2.05, 4.69) is 6.58 Å². The summed E-state index contributed by atoms with van der Waals surface area (Å²) in [6, 6.07) is 5.93. The normalized spacial score (nSPS) is 14.3. The summed E-state index contributed by atoms with van der Waals surface area (Å²) in [4.78, 5) is 10.9. The summed E-state index contributed by atoms with van der Waals surface area (Å²) in [5.74, 6) is 0.858. The molecule has 0 saturated heterocycles. The topological polar surface area (TPSA) is 26.3 Å². The van der Waals surface area contributed by atoms with Crippen molar-refractivity contribution < 1.29 is 9.53 Å². The first-order valence-electron chi connectivity index (χ1n) is 5.28. The van der Waals surface area contributed by atoms with E-state index < -0.39 is 0 Å². The second kappa shape index (κ2) is 4.35. The third-order valence-electron chi connectivity index (χ3n) is 2.96. The van der Waals surface area contributed by atoms with E-state index in [9.17, 15) is 4.79 Å². The van der Waals surface area contributed by atoms with E-state index in [1.807, 2.05) is 18.2 Å². The van der Waals surface area contributed by atoms with Crippen LogP contribution in [0.5, 0.6) is 5.75 Å². The van der Waals surface area contributed by atoms with Gasteiger partial charge in [-0.2, -0.15) is 0 Å². The van der Waals surface area contributed by atoms with Gasteiger partial charge in [0.1, 0.15) is 12.0 Å². The zero-order valence-corrected chi connectivity index (χ0v) is 9.32. The van der Waals surface area contributed by atoms with Gasteiger partial charge in [-0.1, -0.05) is 18.7 Å². The summed E-state index contributed by atoms with van der Waals surface area (Å²) in [6.07, 6.45) is 4.36. The average Bonchev–Trinajstić information content (AvgIpc) is 2.36. The molecule has 0 fully saturated rings. The maximum atomic E-state index is 10.9. The number of rotatable bonds is 3. The van der Waals surface area contributed by atoms with Gasteiger partial charge < -0.3 is 4.74 Å². The lowest BCUT2D eigenvalue weighted by Gasteiger charge is -2.19. The maximum absolute atomic E-state index is 10.9. The summed E-state index contributed by atoms with van der Waals surface area (Å²) in [5, 5.41) is 0. The lowest BCUT2D eigenvalue weighted by molar-refractivity contribution is -0.105. The molecule has 0 saturated carbocycles. The van der Waals surface area contributed by atoms with Gasteiger partial charge in [0.25, 0.3) is 0 Å². The molecule has 2 nitrogen and oxygen atoms in total. The third kappa shape index (κ3) is 1.67. The van der Waals surface area contributed by atoms with Gasteiger partial charge in [0.15, 0.2) is 0 Å². The van der Waals surface area contributed by atoms with Crippen molar-refractivity contribution in [2.24, 2.45) is 0 Å². The van der Waals surface area contributed by atoms with Crippen LogP contribution in [0.4, 0.5) is 0 Å². The van der Waals surface area contributed by atoms with Gasteiger partial charge >= 0.3 is 0 Å². The molecule has 0 atom stereocenters. The molecule has 0 spiro atoms. The SMILES string of the molecule is C=CC1=C(C=O)CCc2cc(OC)ccc21. The molecule has 0 unspecified atom stereocenters. The molecule has 0 heterocycles. The smallest absolute Gasteiger partial charge is 0.146 e. The van der Waals surface area contributed by atoms with Crippen LogP contribution in [0.1, 0.15) is 17.5 Å². The van der Waals surface area contributed by atoms with E-state index >= 15 is 0 Å². The number of ether oxygens (including phenoxy) is 1. The number of aryl methyl sites for hydroxylation is 1. The number of allylic oxidation sites excluding steroid dienone is 3. The predicted octanol–water partition coefficient (Wildman–Crippen LogP) is 2.78. The lowest BCUT2D eigenvalue weighted by Crippen LogP contribution is -2.05. The van der Waals surface area contributed by atoms with E-state index in [1.165, 1.54) is 5.56 Å². The monoisotopic (exact) mass is 214 g/mol. The van der Waals surface area contributed by atoms with Gasteiger partial charge in [-0.3, -0.25) is 4.79 Å². The molecule has 0 radical (unpaired) electrons. The van der Waals surface area contributed by atoms with Gasteiger partial charge in [-0.05, 0) is 41.7 Å². The van der Waals surface area contributed by atoms with Crippen molar-refractivity contribution in [3.05, 3.63) is 47.6 Å². The molecule has 1 aromatic rings. The molecule has 16 heavy (non-hydrogen) atoms. The molecule has 0 bridgehead atoms. The van der Waals surface area contributed by atoms with Crippen molar-refractivity contribution in [2.45, 2.75) is 12.8 Å². The van der Waals surface area contributed by atoms with Gasteiger partial charge in [0.2, 0.25) is 0 Å². The highest BCUT2D eigenvalue weighted by Gasteiger charge is 2.16. The van der Waals surface area contributed by atoms with E-state index in [1.54, 1.807) is 13.2 Å². The molecule has 1 aromatic carbocycles. The van der Waals surface area contributed by atoms with E-state index in [-0.39, 0.29) is 0 Å². The number of benzene rings is 1. The first kappa shape index (κ1) is 10.7. The van der Waals surface area contributed by atoms with Crippen molar-refractivity contribution in [3.63, 3.8) is 0 Å². The van der Waals surface area contributed by atoms with Crippen LogP contribution < -0.4 is 4.74 Å². The summed E-state index contributed by atoms with van der Waals surface area (Å²) < 4.78 is 5.19. The Morgan fingerprint density at radius 3 is 2.81 bits per heavy atom. The summed E-state index contributed by atoms with van der Waals surface area (Å²) in [7, 11) is 1.66.